The molecule has 0 aliphatic carbocycles. The van der Waals surface area contributed by atoms with Crippen LogP contribution in [0.15, 0.2) is 36.0 Å². The Kier molecular flexibility index (Phi) is 4.92. The van der Waals surface area contributed by atoms with E-state index in [-0.39, 0.29) is 11.7 Å². The number of hydrogen-bond acceptors (Lipinski definition) is 7. The highest BCUT2D eigenvalue weighted by atomic mass is 16.7. The zero-order valence-electron chi connectivity index (χ0n) is 13.9. The van der Waals surface area contributed by atoms with Gasteiger partial charge in [0.15, 0.2) is 5.57 Å². The van der Waals surface area contributed by atoms with Gasteiger partial charge in [-0.3, -0.25) is 0 Å². The highest BCUT2D eigenvalue weighted by molar-refractivity contribution is 6.15. The molecular weight excluding hydrogens is 314 g/mol. The van der Waals surface area contributed by atoms with Gasteiger partial charge in [0.25, 0.3) is 5.79 Å². The normalized spacial score (nSPS) is 16.3. The van der Waals surface area contributed by atoms with Crippen molar-refractivity contribution in [2.75, 3.05) is 5.32 Å². The summed E-state index contributed by atoms with van der Waals surface area (Å²) in [4.78, 5) is 35.5. The Balaban J connectivity index is 2.13. The van der Waals surface area contributed by atoms with Gasteiger partial charge in [0, 0.05) is 25.7 Å². The van der Waals surface area contributed by atoms with E-state index in [1.807, 2.05) is 0 Å². The Morgan fingerprint density at radius 1 is 1.21 bits per heavy atom. The maximum atomic E-state index is 11.9. The number of nitrogens with one attached hydrogen (secondary N) is 1. The fraction of sp³-hybridized carbons (Fsp3) is 0.353. The van der Waals surface area contributed by atoms with E-state index < -0.39 is 23.7 Å². The first-order chi connectivity index (χ1) is 11.2. The molecule has 7 nitrogen and oxygen atoms in total. The van der Waals surface area contributed by atoms with Gasteiger partial charge in [-0.05, 0) is 32.0 Å². The quantitative estimate of drug-likeness (QED) is 0.514. The highest BCUT2D eigenvalue weighted by Crippen LogP contribution is 2.23. The molecule has 0 atom stereocenters. The molecule has 1 fully saturated rings. The summed E-state index contributed by atoms with van der Waals surface area (Å²) >= 11 is 0. The summed E-state index contributed by atoms with van der Waals surface area (Å²) in [5.74, 6) is -3.30. The zero-order valence-corrected chi connectivity index (χ0v) is 13.9. The fourth-order valence-corrected chi connectivity index (χ4v) is 1.95. The number of anilines is 1. The molecule has 7 heteroatoms. The third-order valence-electron chi connectivity index (χ3n) is 2.94. The molecule has 1 saturated heterocycles. The third kappa shape index (κ3) is 4.34. The van der Waals surface area contributed by atoms with Crippen LogP contribution >= 0.6 is 0 Å². The van der Waals surface area contributed by atoms with Crippen LogP contribution in [0.1, 0.15) is 38.1 Å². The highest BCUT2D eigenvalue weighted by Gasteiger charge is 2.38. The molecule has 1 aromatic carbocycles. The van der Waals surface area contributed by atoms with E-state index in [9.17, 15) is 14.4 Å². The van der Waals surface area contributed by atoms with Crippen molar-refractivity contribution in [3.63, 3.8) is 0 Å². The maximum absolute atomic E-state index is 11.9. The molecule has 0 saturated carbocycles. The molecule has 2 rings (SSSR count). The molecule has 128 valence electrons. The van der Waals surface area contributed by atoms with Gasteiger partial charge in [-0.25, -0.2) is 14.4 Å². The summed E-state index contributed by atoms with van der Waals surface area (Å²) in [6, 6.07) is 6.48. The number of carbonyl (C=O) groups is 3. The fourth-order valence-electron chi connectivity index (χ4n) is 1.95. The summed E-state index contributed by atoms with van der Waals surface area (Å²) in [5, 5.41) is 2.78. The average molecular weight is 333 g/mol. The third-order valence-corrected chi connectivity index (χ3v) is 2.94. The second-order valence-corrected chi connectivity index (χ2v) is 5.92. The van der Waals surface area contributed by atoms with Crippen molar-refractivity contribution in [2.24, 2.45) is 0 Å². The molecule has 1 aliphatic heterocycles. The Morgan fingerprint density at radius 3 is 2.42 bits per heavy atom. The van der Waals surface area contributed by atoms with Gasteiger partial charge >= 0.3 is 17.9 Å². The van der Waals surface area contributed by atoms with Crippen LogP contribution in [-0.2, 0) is 23.8 Å². The predicted molar refractivity (Wildman–Crippen MR) is 85.0 cm³/mol. The molecule has 1 N–H and O–H groups in total. The van der Waals surface area contributed by atoms with Gasteiger partial charge in [-0.15, -0.1) is 0 Å². The Morgan fingerprint density at radius 2 is 1.83 bits per heavy atom. The summed E-state index contributed by atoms with van der Waals surface area (Å²) in [6.45, 7) is 6.45. The lowest BCUT2D eigenvalue weighted by Gasteiger charge is -2.29. The lowest BCUT2D eigenvalue weighted by molar-refractivity contribution is -0.222. The number of benzene rings is 1. The Bertz CT molecular complexity index is 683. The first-order valence-corrected chi connectivity index (χ1v) is 7.42. The summed E-state index contributed by atoms with van der Waals surface area (Å²) < 4.78 is 15.1. The minimum atomic E-state index is -1.29. The largest absolute Gasteiger partial charge is 0.459 e. The van der Waals surface area contributed by atoms with Crippen LogP contribution in [0.5, 0.6) is 0 Å². The van der Waals surface area contributed by atoms with Crippen LogP contribution in [0.4, 0.5) is 5.69 Å². The molecule has 1 aliphatic rings. The van der Waals surface area contributed by atoms with Crippen LogP contribution in [-0.4, -0.2) is 29.8 Å². The molecule has 24 heavy (non-hydrogen) atoms. The van der Waals surface area contributed by atoms with E-state index in [4.69, 9.17) is 14.2 Å². The van der Waals surface area contributed by atoms with Crippen molar-refractivity contribution in [1.82, 2.24) is 0 Å². The summed E-state index contributed by atoms with van der Waals surface area (Å²) in [5.41, 5.74) is 0.595. The van der Waals surface area contributed by atoms with Gasteiger partial charge < -0.3 is 19.5 Å². The van der Waals surface area contributed by atoms with E-state index in [2.05, 4.69) is 5.32 Å². The van der Waals surface area contributed by atoms with E-state index in [0.29, 0.717) is 11.3 Å². The number of ether oxygens (including phenoxy) is 3. The van der Waals surface area contributed by atoms with Crippen molar-refractivity contribution in [2.45, 2.75) is 39.6 Å². The van der Waals surface area contributed by atoms with Crippen LogP contribution in [0.2, 0.25) is 0 Å². The Labute approximate surface area is 139 Å². The van der Waals surface area contributed by atoms with E-state index >= 15 is 0 Å². The van der Waals surface area contributed by atoms with Gasteiger partial charge in [0.05, 0.1) is 11.7 Å². The maximum Gasteiger partial charge on any atom is 0.350 e. The number of esters is 3. The van der Waals surface area contributed by atoms with Crippen molar-refractivity contribution in [3.05, 3.63) is 41.6 Å². The standard InChI is InChI=1S/C17H19NO6/c1-10(2)22-14(19)11-6-5-7-12(8-11)18-9-13-15(20)23-17(3,4)24-16(13)21/h5-10,18H,1-4H3. The second-order valence-electron chi connectivity index (χ2n) is 5.92. The van der Waals surface area contributed by atoms with Crippen LogP contribution < -0.4 is 5.32 Å². The van der Waals surface area contributed by atoms with Gasteiger partial charge in [-0.1, -0.05) is 6.07 Å². The van der Waals surface area contributed by atoms with Gasteiger partial charge in [0.1, 0.15) is 0 Å². The molecule has 0 unspecified atom stereocenters. The summed E-state index contributed by atoms with van der Waals surface area (Å²) in [7, 11) is 0. The topological polar surface area (TPSA) is 90.9 Å². The minimum Gasteiger partial charge on any atom is -0.459 e. The lowest BCUT2D eigenvalue weighted by Crippen LogP contribution is -2.42. The molecule has 0 radical (unpaired) electrons. The second kappa shape index (κ2) is 6.74. The monoisotopic (exact) mass is 333 g/mol. The number of rotatable bonds is 4. The molecular formula is C17H19NO6. The summed E-state index contributed by atoms with van der Waals surface area (Å²) in [6.07, 6.45) is 0.957. The minimum absolute atomic E-state index is 0.230. The zero-order chi connectivity index (χ0) is 17.9. The SMILES string of the molecule is CC(C)OC(=O)c1cccc(NC=C2C(=O)OC(C)(C)OC2=O)c1. The molecule has 1 heterocycles. The molecule has 0 amide bonds. The molecule has 0 spiro atoms. The van der Waals surface area contributed by atoms with Crippen molar-refractivity contribution in [3.8, 4) is 0 Å². The Hall–Kier alpha value is -2.83. The van der Waals surface area contributed by atoms with Crippen LogP contribution in [0, 0.1) is 0 Å². The van der Waals surface area contributed by atoms with Crippen molar-refractivity contribution >= 4 is 23.6 Å². The van der Waals surface area contributed by atoms with E-state index in [1.165, 1.54) is 20.0 Å². The first-order valence-electron chi connectivity index (χ1n) is 7.42. The molecule has 0 bridgehead atoms. The molecule has 1 aromatic rings. The van der Waals surface area contributed by atoms with E-state index in [1.54, 1.807) is 38.1 Å². The lowest BCUT2D eigenvalue weighted by atomic mass is 10.2. The van der Waals surface area contributed by atoms with Gasteiger partial charge in [0.2, 0.25) is 0 Å². The van der Waals surface area contributed by atoms with E-state index in [0.717, 1.165) is 0 Å². The van der Waals surface area contributed by atoms with Gasteiger partial charge in [-0.2, -0.15) is 0 Å². The van der Waals surface area contributed by atoms with Crippen LogP contribution in [0.25, 0.3) is 0 Å². The number of cyclic esters (lactones) is 2. The van der Waals surface area contributed by atoms with Crippen molar-refractivity contribution in [1.29, 1.82) is 0 Å². The first kappa shape index (κ1) is 17.5. The van der Waals surface area contributed by atoms with Crippen LogP contribution in [0.3, 0.4) is 0 Å². The number of hydrogen-bond donors (Lipinski definition) is 1. The van der Waals surface area contributed by atoms with Crippen molar-refractivity contribution < 1.29 is 28.6 Å². The smallest absolute Gasteiger partial charge is 0.350 e. The molecule has 0 aromatic heterocycles. The predicted octanol–water partition coefficient (Wildman–Crippen LogP) is 2.38. The number of carbonyl (C=O) groups excluding carboxylic acids is 3. The average Bonchev–Trinajstić information content (AvgIpc) is 2.44.